The Labute approximate surface area is 126 Å². The zero-order valence-electron chi connectivity index (χ0n) is 12.6. The first-order valence-electron chi connectivity index (χ1n) is 7.89. The van der Waals surface area contributed by atoms with Crippen LogP contribution in [0.25, 0.3) is 0 Å². The lowest BCUT2D eigenvalue weighted by Crippen LogP contribution is -2.27. The largest absolute Gasteiger partial charge is 0.370 e. The number of hydrogen-bond donors (Lipinski definition) is 2. The molecule has 3 heteroatoms. The number of aromatic nitrogens is 1. The van der Waals surface area contributed by atoms with Crippen molar-refractivity contribution in [2.24, 2.45) is 0 Å². The number of nitrogens with one attached hydrogen (secondary N) is 2. The highest BCUT2D eigenvalue weighted by Gasteiger charge is 2.18. The fourth-order valence-corrected chi connectivity index (χ4v) is 2.90. The Morgan fingerprint density at radius 1 is 1.05 bits per heavy atom. The highest BCUT2D eigenvalue weighted by molar-refractivity contribution is 5.46. The van der Waals surface area contributed by atoms with Crippen LogP contribution >= 0.6 is 0 Å². The monoisotopic (exact) mass is 281 g/mol. The molecule has 21 heavy (non-hydrogen) atoms. The maximum absolute atomic E-state index is 4.64. The van der Waals surface area contributed by atoms with E-state index in [0.717, 1.165) is 37.4 Å². The summed E-state index contributed by atoms with van der Waals surface area (Å²) in [5.41, 5.74) is 2.98. The summed E-state index contributed by atoms with van der Waals surface area (Å²) >= 11 is 0. The van der Waals surface area contributed by atoms with Gasteiger partial charge in [0.1, 0.15) is 11.6 Å². The van der Waals surface area contributed by atoms with Crippen molar-refractivity contribution >= 4 is 11.6 Å². The van der Waals surface area contributed by atoms with E-state index in [-0.39, 0.29) is 0 Å². The Kier molecular flexibility index (Phi) is 4.39. The number of nitrogens with zero attached hydrogens (tertiary/aromatic N) is 1. The molecule has 2 aromatic rings. The van der Waals surface area contributed by atoms with E-state index < -0.39 is 0 Å². The van der Waals surface area contributed by atoms with Crippen molar-refractivity contribution in [3.63, 3.8) is 0 Å². The van der Waals surface area contributed by atoms with E-state index in [0.29, 0.717) is 6.04 Å². The van der Waals surface area contributed by atoms with Gasteiger partial charge in [-0.15, -0.1) is 0 Å². The molecule has 1 aromatic heterocycles. The number of benzene rings is 1. The molecular weight excluding hydrogens is 258 g/mol. The van der Waals surface area contributed by atoms with Gasteiger partial charge in [0.05, 0.1) is 0 Å². The zero-order chi connectivity index (χ0) is 14.5. The summed E-state index contributed by atoms with van der Waals surface area (Å²) in [7, 11) is 0. The van der Waals surface area contributed by atoms with Gasteiger partial charge in [0.15, 0.2) is 0 Å². The van der Waals surface area contributed by atoms with Gasteiger partial charge in [0.25, 0.3) is 0 Å². The molecule has 0 spiro atoms. The van der Waals surface area contributed by atoms with Crippen molar-refractivity contribution in [3.05, 3.63) is 53.6 Å². The molecule has 1 aliphatic carbocycles. The lowest BCUT2D eigenvalue weighted by Gasteiger charge is -2.26. The summed E-state index contributed by atoms with van der Waals surface area (Å²) in [5.74, 6) is 1.93. The third kappa shape index (κ3) is 3.54. The van der Waals surface area contributed by atoms with Crippen LogP contribution in [0.2, 0.25) is 0 Å². The van der Waals surface area contributed by atoms with Crippen molar-refractivity contribution in [1.29, 1.82) is 0 Å². The fourth-order valence-electron chi connectivity index (χ4n) is 2.90. The molecule has 0 saturated carbocycles. The van der Waals surface area contributed by atoms with Crippen molar-refractivity contribution in [1.82, 2.24) is 4.98 Å². The summed E-state index contributed by atoms with van der Waals surface area (Å²) in [5, 5.41) is 6.92. The first-order chi connectivity index (χ1) is 10.3. The SMILES string of the molecule is CCCNc1cccc(NC2CCc3ccccc3C2)n1. The van der Waals surface area contributed by atoms with Gasteiger partial charge in [-0.1, -0.05) is 37.3 Å². The van der Waals surface area contributed by atoms with Gasteiger partial charge in [0.2, 0.25) is 0 Å². The van der Waals surface area contributed by atoms with Crippen LogP contribution < -0.4 is 10.6 Å². The van der Waals surface area contributed by atoms with E-state index in [1.165, 1.54) is 17.5 Å². The molecule has 0 bridgehead atoms. The molecule has 0 amide bonds. The second kappa shape index (κ2) is 6.61. The van der Waals surface area contributed by atoms with Crippen molar-refractivity contribution < 1.29 is 0 Å². The van der Waals surface area contributed by atoms with Crippen LogP contribution in [0.3, 0.4) is 0 Å². The number of aryl methyl sites for hydroxylation is 1. The van der Waals surface area contributed by atoms with E-state index in [1.807, 2.05) is 6.07 Å². The number of fused-ring (bicyclic) bond motifs is 1. The van der Waals surface area contributed by atoms with Gasteiger partial charge >= 0.3 is 0 Å². The third-order valence-electron chi connectivity index (χ3n) is 4.00. The van der Waals surface area contributed by atoms with Crippen molar-refractivity contribution in [2.45, 2.75) is 38.6 Å². The van der Waals surface area contributed by atoms with Gasteiger partial charge in [-0.3, -0.25) is 0 Å². The number of rotatable bonds is 5. The minimum absolute atomic E-state index is 0.480. The normalized spacial score (nSPS) is 17.1. The fraction of sp³-hybridized carbons (Fsp3) is 0.389. The lowest BCUT2D eigenvalue weighted by atomic mass is 9.88. The molecule has 2 N–H and O–H groups in total. The van der Waals surface area contributed by atoms with Crippen LogP contribution in [0.1, 0.15) is 30.9 Å². The average Bonchev–Trinajstić information content (AvgIpc) is 2.53. The van der Waals surface area contributed by atoms with Crippen molar-refractivity contribution in [2.75, 3.05) is 17.2 Å². The van der Waals surface area contributed by atoms with E-state index in [2.05, 4.69) is 58.9 Å². The minimum Gasteiger partial charge on any atom is -0.370 e. The molecule has 0 radical (unpaired) electrons. The molecule has 1 aliphatic rings. The van der Waals surface area contributed by atoms with Crippen molar-refractivity contribution in [3.8, 4) is 0 Å². The van der Waals surface area contributed by atoms with Gasteiger partial charge < -0.3 is 10.6 Å². The predicted molar refractivity (Wildman–Crippen MR) is 88.9 cm³/mol. The van der Waals surface area contributed by atoms with E-state index in [4.69, 9.17) is 0 Å². The second-order valence-corrected chi connectivity index (χ2v) is 5.69. The quantitative estimate of drug-likeness (QED) is 0.873. The molecule has 1 unspecified atom stereocenters. The average molecular weight is 281 g/mol. The number of pyridine rings is 1. The summed E-state index contributed by atoms with van der Waals surface area (Å²) < 4.78 is 0. The summed E-state index contributed by atoms with van der Waals surface area (Å²) in [6.45, 7) is 3.13. The highest BCUT2D eigenvalue weighted by atomic mass is 15.1. The Morgan fingerprint density at radius 3 is 2.71 bits per heavy atom. The van der Waals surface area contributed by atoms with E-state index >= 15 is 0 Å². The van der Waals surface area contributed by atoms with Gasteiger partial charge in [-0.05, 0) is 48.9 Å². The molecular formula is C18H23N3. The summed E-state index contributed by atoms with van der Waals surface area (Å²) in [4.78, 5) is 4.64. The Bertz CT molecular complexity index is 595. The molecule has 1 heterocycles. The molecule has 3 nitrogen and oxygen atoms in total. The zero-order valence-corrected chi connectivity index (χ0v) is 12.6. The summed E-state index contributed by atoms with van der Waals surface area (Å²) in [6.07, 6.45) is 4.52. The first kappa shape index (κ1) is 13.9. The second-order valence-electron chi connectivity index (χ2n) is 5.69. The van der Waals surface area contributed by atoms with Crippen LogP contribution in [-0.2, 0) is 12.8 Å². The van der Waals surface area contributed by atoms with E-state index in [1.54, 1.807) is 0 Å². The maximum atomic E-state index is 4.64. The number of anilines is 2. The standard InChI is InChI=1S/C18H23N3/c1-2-12-19-17-8-5-9-18(21-17)20-16-11-10-14-6-3-4-7-15(14)13-16/h3-9,16H,2,10-13H2,1H3,(H2,19,20,21). The first-order valence-corrected chi connectivity index (χ1v) is 7.89. The summed E-state index contributed by atoms with van der Waals surface area (Å²) in [6, 6.07) is 15.4. The number of hydrogen-bond acceptors (Lipinski definition) is 3. The maximum Gasteiger partial charge on any atom is 0.128 e. The highest BCUT2D eigenvalue weighted by Crippen LogP contribution is 2.23. The molecule has 1 atom stereocenters. The van der Waals surface area contributed by atoms with Crippen LogP contribution in [0, 0.1) is 0 Å². The van der Waals surface area contributed by atoms with Gasteiger partial charge in [0, 0.05) is 12.6 Å². The molecule has 110 valence electrons. The topological polar surface area (TPSA) is 37.0 Å². The van der Waals surface area contributed by atoms with Crippen LogP contribution in [-0.4, -0.2) is 17.6 Å². The lowest BCUT2D eigenvalue weighted by molar-refractivity contribution is 0.609. The predicted octanol–water partition coefficient (Wildman–Crippen LogP) is 3.87. The Morgan fingerprint density at radius 2 is 1.86 bits per heavy atom. The molecule has 1 aromatic carbocycles. The molecule has 0 saturated heterocycles. The van der Waals surface area contributed by atoms with Crippen LogP contribution in [0.15, 0.2) is 42.5 Å². The smallest absolute Gasteiger partial charge is 0.128 e. The van der Waals surface area contributed by atoms with Crippen LogP contribution in [0.4, 0.5) is 11.6 Å². The Balaban J connectivity index is 1.65. The molecule has 0 aliphatic heterocycles. The molecule has 0 fully saturated rings. The van der Waals surface area contributed by atoms with E-state index in [9.17, 15) is 0 Å². The molecule has 3 rings (SSSR count). The van der Waals surface area contributed by atoms with Gasteiger partial charge in [-0.25, -0.2) is 4.98 Å². The van der Waals surface area contributed by atoms with Gasteiger partial charge in [-0.2, -0.15) is 0 Å². The Hall–Kier alpha value is -2.03. The van der Waals surface area contributed by atoms with Crippen LogP contribution in [0.5, 0.6) is 0 Å². The minimum atomic E-state index is 0.480. The third-order valence-corrected chi connectivity index (χ3v) is 4.00.